The van der Waals surface area contributed by atoms with E-state index in [2.05, 4.69) is 19.9 Å². The van der Waals surface area contributed by atoms with Crippen LogP contribution in [-0.2, 0) is 17.9 Å². The molecule has 0 aromatic carbocycles. The van der Waals surface area contributed by atoms with Gasteiger partial charge in [-0.25, -0.2) is 9.97 Å². The first-order valence-corrected chi connectivity index (χ1v) is 8.86. The molecule has 1 saturated heterocycles. The average molecular weight is 358 g/mol. The van der Waals surface area contributed by atoms with Crippen molar-refractivity contribution in [1.29, 1.82) is 0 Å². The number of amides is 1. The van der Waals surface area contributed by atoms with Gasteiger partial charge in [0.05, 0.1) is 28.9 Å². The maximum atomic E-state index is 13.0. The summed E-state index contributed by atoms with van der Waals surface area (Å²) in [5.41, 5.74) is 3.98. The largest absolute Gasteiger partial charge is 0.356 e. The molecule has 2 aromatic rings. The zero-order valence-corrected chi connectivity index (χ0v) is 15.1. The Kier molecular flexibility index (Phi) is 4.07. The third kappa shape index (κ3) is 2.84. The van der Waals surface area contributed by atoms with Gasteiger partial charge in [-0.15, -0.1) is 0 Å². The van der Waals surface area contributed by atoms with E-state index >= 15 is 0 Å². The lowest BCUT2D eigenvalue weighted by molar-refractivity contribution is -0.135. The Bertz CT molecular complexity index is 826. The van der Waals surface area contributed by atoms with Crippen molar-refractivity contribution in [2.45, 2.75) is 33.4 Å². The molecular weight excluding hydrogens is 338 g/mol. The quantitative estimate of drug-likeness (QED) is 0.826. The topological polar surface area (TPSA) is 62.2 Å². The van der Waals surface area contributed by atoms with E-state index < -0.39 is 0 Å². The van der Waals surface area contributed by atoms with Crippen LogP contribution in [0.15, 0.2) is 18.6 Å². The van der Waals surface area contributed by atoms with Crippen LogP contribution in [-0.4, -0.2) is 38.8 Å². The van der Waals surface area contributed by atoms with E-state index in [9.17, 15) is 4.79 Å². The Morgan fingerprint density at radius 2 is 2.16 bits per heavy atom. The van der Waals surface area contributed by atoms with E-state index in [0.717, 1.165) is 41.3 Å². The second-order valence-corrected chi connectivity index (χ2v) is 7.13. The van der Waals surface area contributed by atoms with Crippen molar-refractivity contribution < 1.29 is 4.79 Å². The summed E-state index contributed by atoms with van der Waals surface area (Å²) >= 11 is 6.32. The second kappa shape index (κ2) is 6.26. The van der Waals surface area contributed by atoms with Crippen LogP contribution in [0.25, 0.3) is 0 Å². The summed E-state index contributed by atoms with van der Waals surface area (Å²) in [5.74, 6) is 1.08. The maximum absolute atomic E-state index is 13.0. The molecule has 0 bridgehead atoms. The molecule has 2 aliphatic rings. The monoisotopic (exact) mass is 357 g/mol. The van der Waals surface area contributed by atoms with Crippen LogP contribution in [0.3, 0.4) is 0 Å². The van der Waals surface area contributed by atoms with E-state index in [0.29, 0.717) is 24.7 Å². The van der Waals surface area contributed by atoms with Crippen LogP contribution in [0.5, 0.6) is 0 Å². The first-order chi connectivity index (χ1) is 12.0. The molecule has 4 heterocycles. The first-order valence-electron chi connectivity index (χ1n) is 8.48. The predicted octanol–water partition coefficient (Wildman–Crippen LogP) is 2.51. The van der Waals surface area contributed by atoms with Crippen LogP contribution in [0.2, 0.25) is 5.02 Å². The molecule has 1 fully saturated rings. The number of carbonyl (C=O) groups excluding carboxylic acids is 1. The van der Waals surface area contributed by atoms with Gasteiger partial charge in [0.1, 0.15) is 12.1 Å². The molecule has 0 radical (unpaired) electrons. The Balaban J connectivity index is 1.47. The van der Waals surface area contributed by atoms with Crippen molar-refractivity contribution in [2.24, 2.45) is 5.92 Å². The smallest absolute Gasteiger partial charge is 0.228 e. The van der Waals surface area contributed by atoms with Crippen molar-refractivity contribution in [3.63, 3.8) is 0 Å². The van der Waals surface area contributed by atoms with E-state index in [-0.39, 0.29) is 11.8 Å². The number of carbonyl (C=O) groups is 1. The fraction of sp³-hybridized carbons (Fsp3) is 0.444. The second-order valence-electron chi connectivity index (χ2n) is 6.75. The van der Waals surface area contributed by atoms with E-state index in [1.807, 2.05) is 24.8 Å². The minimum absolute atomic E-state index is 0.00107. The van der Waals surface area contributed by atoms with Gasteiger partial charge in [0.15, 0.2) is 0 Å². The number of nitrogens with zero attached hydrogens (tertiary/aromatic N) is 5. The van der Waals surface area contributed by atoms with Crippen molar-refractivity contribution in [3.05, 3.63) is 46.1 Å². The Labute approximate surface area is 151 Å². The van der Waals surface area contributed by atoms with Gasteiger partial charge in [0, 0.05) is 25.8 Å². The minimum atomic E-state index is 0.00107. The van der Waals surface area contributed by atoms with Gasteiger partial charge in [-0.05, 0) is 37.5 Å². The molecule has 2 aromatic heterocycles. The number of rotatable bonds is 2. The first kappa shape index (κ1) is 16.3. The molecule has 0 spiro atoms. The van der Waals surface area contributed by atoms with E-state index in [4.69, 9.17) is 11.6 Å². The van der Waals surface area contributed by atoms with Gasteiger partial charge >= 0.3 is 0 Å². The Morgan fingerprint density at radius 1 is 1.32 bits per heavy atom. The third-order valence-corrected chi connectivity index (χ3v) is 5.74. The summed E-state index contributed by atoms with van der Waals surface area (Å²) in [5, 5.41) is 0.712. The van der Waals surface area contributed by atoms with Gasteiger partial charge in [-0.2, -0.15) is 0 Å². The Morgan fingerprint density at radius 3 is 2.92 bits per heavy atom. The van der Waals surface area contributed by atoms with E-state index in [1.165, 1.54) is 0 Å². The molecule has 0 aliphatic carbocycles. The highest BCUT2D eigenvalue weighted by Crippen LogP contribution is 2.32. The highest BCUT2D eigenvalue weighted by atomic mass is 35.5. The SMILES string of the molecule is Cc1nc2c(c(C)c1Cl)CN(C(=O)[C@@H]1CCN(c3ccncn3)C1)C2. The van der Waals surface area contributed by atoms with E-state index in [1.54, 1.807) is 12.5 Å². The number of halogens is 1. The van der Waals surface area contributed by atoms with Crippen molar-refractivity contribution in [2.75, 3.05) is 18.0 Å². The van der Waals surface area contributed by atoms with Crippen molar-refractivity contribution in [1.82, 2.24) is 19.9 Å². The van der Waals surface area contributed by atoms with Gasteiger partial charge in [-0.1, -0.05) is 11.6 Å². The standard InChI is InChI=1S/C18H20ClN5O/c1-11-14-8-24(9-15(14)22-12(2)17(11)19)18(25)13-4-6-23(7-13)16-3-5-20-10-21-16/h3,5,10,13H,4,6-9H2,1-2H3/t13-/m1/s1. The molecule has 1 atom stereocenters. The molecular formula is C18H20ClN5O. The van der Waals surface area contributed by atoms with Gasteiger partial charge in [-0.3, -0.25) is 9.78 Å². The molecule has 2 aliphatic heterocycles. The lowest BCUT2D eigenvalue weighted by Gasteiger charge is -2.21. The van der Waals surface area contributed by atoms with Crippen LogP contribution in [0.4, 0.5) is 5.82 Å². The highest BCUT2D eigenvalue weighted by Gasteiger charge is 2.35. The number of hydrogen-bond donors (Lipinski definition) is 0. The van der Waals surface area contributed by atoms with Crippen LogP contribution < -0.4 is 4.90 Å². The van der Waals surface area contributed by atoms with Gasteiger partial charge in [0.25, 0.3) is 0 Å². The summed E-state index contributed by atoms with van der Waals surface area (Å²) in [7, 11) is 0. The summed E-state index contributed by atoms with van der Waals surface area (Å²) in [4.78, 5) is 29.9. The molecule has 0 unspecified atom stereocenters. The number of hydrogen-bond acceptors (Lipinski definition) is 5. The summed E-state index contributed by atoms with van der Waals surface area (Å²) < 4.78 is 0. The Hall–Kier alpha value is -2.21. The predicted molar refractivity (Wildman–Crippen MR) is 95.3 cm³/mol. The number of fused-ring (bicyclic) bond motifs is 1. The lowest BCUT2D eigenvalue weighted by atomic mass is 10.1. The molecule has 6 nitrogen and oxygen atoms in total. The number of aromatic nitrogens is 3. The zero-order valence-electron chi connectivity index (χ0n) is 14.4. The van der Waals surface area contributed by atoms with Crippen molar-refractivity contribution in [3.8, 4) is 0 Å². The molecule has 4 rings (SSSR count). The zero-order chi connectivity index (χ0) is 17.6. The number of anilines is 1. The van der Waals surface area contributed by atoms with Gasteiger partial charge in [0.2, 0.25) is 5.91 Å². The average Bonchev–Trinajstić information content (AvgIpc) is 3.27. The maximum Gasteiger partial charge on any atom is 0.228 e. The highest BCUT2D eigenvalue weighted by molar-refractivity contribution is 6.32. The van der Waals surface area contributed by atoms with Crippen LogP contribution in [0, 0.1) is 19.8 Å². The summed E-state index contributed by atoms with van der Waals surface area (Å²) in [6.45, 7) is 6.66. The van der Waals surface area contributed by atoms with Gasteiger partial charge < -0.3 is 9.80 Å². The molecule has 1 amide bonds. The minimum Gasteiger partial charge on any atom is -0.356 e. The molecule has 130 valence electrons. The van der Waals surface area contributed by atoms with Crippen LogP contribution in [0.1, 0.15) is 28.9 Å². The fourth-order valence-electron chi connectivity index (χ4n) is 3.76. The number of pyridine rings is 1. The van der Waals surface area contributed by atoms with Crippen molar-refractivity contribution >= 4 is 23.3 Å². The molecule has 0 N–H and O–H groups in total. The molecule has 7 heteroatoms. The van der Waals surface area contributed by atoms with Crippen LogP contribution >= 0.6 is 11.6 Å². The summed E-state index contributed by atoms with van der Waals surface area (Å²) in [6, 6.07) is 1.89. The molecule has 0 saturated carbocycles. The normalized spacial score (nSPS) is 19.4. The fourth-order valence-corrected chi connectivity index (χ4v) is 3.92. The summed E-state index contributed by atoms with van der Waals surface area (Å²) in [6.07, 6.45) is 4.12. The molecule has 25 heavy (non-hydrogen) atoms. The number of aryl methyl sites for hydroxylation is 1. The third-order valence-electron chi connectivity index (χ3n) is 5.18. The lowest BCUT2D eigenvalue weighted by Crippen LogP contribution is -2.34.